The Bertz CT molecular complexity index is 726. The Kier molecular flexibility index (Phi) is 4.40. The number of carbonyl (C=O) groups is 1. The lowest BCUT2D eigenvalue weighted by molar-refractivity contribution is 0.0197. The Hall–Kier alpha value is -1.50. The van der Waals surface area contributed by atoms with E-state index in [1.54, 1.807) is 6.07 Å². The minimum absolute atomic E-state index is 0.177. The fourth-order valence-electron chi connectivity index (χ4n) is 3.39. The summed E-state index contributed by atoms with van der Waals surface area (Å²) in [7, 11) is 0. The van der Waals surface area contributed by atoms with Gasteiger partial charge in [0, 0.05) is 37.1 Å². The van der Waals surface area contributed by atoms with Gasteiger partial charge in [0.1, 0.15) is 9.71 Å². The molecule has 1 saturated heterocycles. The Morgan fingerprint density at radius 3 is 2.83 bits per heavy atom. The van der Waals surface area contributed by atoms with Gasteiger partial charge in [-0.25, -0.2) is 9.78 Å². The van der Waals surface area contributed by atoms with Gasteiger partial charge < -0.3 is 5.11 Å². The second-order valence-electron chi connectivity index (χ2n) is 6.72. The van der Waals surface area contributed by atoms with Gasteiger partial charge in [-0.1, -0.05) is 13.0 Å². The topological polar surface area (TPSA) is 56.7 Å². The van der Waals surface area contributed by atoms with Crippen LogP contribution in [-0.4, -0.2) is 57.6 Å². The van der Waals surface area contributed by atoms with Crippen molar-refractivity contribution in [3.63, 3.8) is 0 Å². The van der Waals surface area contributed by atoms with Crippen LogP contribution in [-0.2, 0) is 6.54 Å². The number of hydrogen-bond donors (Lipinski definition) is 1. The standard InChI is InChI=1S/C17H23N3O2S/c1-4-20-8-7-19(11-17(20,2)3)10-13-6-5-12-9-14(16(21)22)23-15(12)18-13/h5-6,9H,4,7-8,10-11H2,1-3H3,(H,21,22). The van der Waals surface area contributed by atoms with Gasteiger partial charge in [0.2, 0.25) is 0 Å². The van der Waals surface area contributed by atoms with E-state index >= 15 is 0 Å². The summed E-state index contributed by atoms with van der Waals surface area (Å²) in [6.45, 7) is 11.8. The summed E-state index contributed by atoms with van der Waals surface area (Å²) >= 11 is 1.25. The monoisotopic (exact) mass is 333 g/mol. The van der Waals surface area contributed by atoms with Gasteiger partial charge in [-0.3, -0.25) is 9.80 Å². The smallest absolute Gasteiger partial charge is 0.345 e. The molecule has 0 unspecified atom stereocenters. The quantitative estimate of drug-likeness (QED) is 0.932. The van der Waals surface area contributed by atoms with Crippen molar-refractivity contribution >= 4 is 27.5 Å². The Labute approximate surface area is 140 Å². The zero-order chi connectivity index (χ0) is 16.6. The maximum Gasteiger partial charge on any atom is 0.345 e. The van der Waals surface area contributed by atoms with Gasteiger partial charge in [0.25, 0.3) is 0 Å². The molecule has 0 spiro atoms. The first-order chi connectivity index (χ1) is 10.9. The SMILES string of the molecule is CCN1CCN(Cc2ccc3cc(C(=O)O)sc3n2)CC1(C)C. The molecule has 0 atom stereocenters. The zero-order valence-electron chi connectivity index (χ0n) is 13.9. The Morgan fingerprint density at radius 1 is 1.39 bits per heavy atom. The average molecular weight is 333 g/mol. The second-order valence-corrected chi connectivity index (χ2v) is 7.75. The summed E-state index contributed by atoms with van der Waals surface area (Å²) in [5.41, 5.74) is 1.19. The van der Waals surface area contributed by atoms with Crippen LogP contribution < -0.4 is 0 Å². The molecule has 3 rings (SSSR count). The van der Waals surface area contributed by atoms with E-state index in [1.807, 2.05) is 12.1 Å². The number of carboxylic acids is 1. The van der Waals surface area contributed by atoms with E-state index in [0.29, 0.717) is 4.88 Å². The van der Waals surface area contributed by atoms with Crippen LogP contribution in [0.2, 0.25) is 0 Å². The summed E-state index contributed by atoms with van der Waals surface area (Å²) in [6.07, 6.45) is 0. The number of likely N-dealkylation sites (N-methyl/N-ethyl adjacent to an activating group) is 1. The molecule has 2 aromatic heterocycles. The van der Waals surface area contributed by atoms with E-state index in [4.69, 9.17) is 5.11 Å². The number of carboxylic acid groups (broad SMARTS) is 1. The summed E-state index contributed by atoms with van der Waals surface area (Å²) in [5.74, 6) is -0.882. The lowest BCUT2D eigenvalue weighted by Crippen LogP contribution is -2.58. The van der Waals surface area contributed by atoms with Crippen molar-refractivity contribution in [2.45, 2.75) is 32.9 Å². The lowest BCUT2D eigenvalue weighted by atomic mass is 9.98. The van der Waals surface area contributed by atoms with Crippen LogP contribution in [0.5, 0.6) is 0 Å². The number of fused-ring (bicyclic) bond motifs is 1. The number of hydrogen-bond acceptors (Lipinski definition) is 5. The number of nitrogens with zero attached hydrogens (tertiary/aromatic N) is 3. The maximum atomic E-state index is 11.1. The van der Waals surface area contributed by atoms with Gasteiger partial charge >= 0.3 is 5.97 Å². The minimum Gasteiger partial charge on any atom is -0.477 e. The van der Waals surface area contributed by atoms with Crippen molar-refractivity contribution in [1.82, 2.24) is 14.8 Å². The summed E-state index contributed by atoms with van der Waals surface area (Å²) in [6, 6.07) is 5.69. The number of thiophene rings is 1. The highest BCUT2D eigenvalue weighted by molar-refractivity contribution is 7.20. The highest BCUT2D eigenvalue weighted by Gasteiger charge is 2.32. The molecule has 6 heteroatoms. The Morgan fingerprint density at radius 2 is 2.17 bits per heavy atom. The number of aromatic nitrogens is 1. The summed E-state index contributed by atoms with van der Waals surface area (Å²) in [5, 5.41) is 10.0. The zero-order valence-corrected chi connectivity index (χ0v) is 14.7. The van der Waals surface area contributed by atoms with Crippen LogP contribution in [0.4, 0.5) is 0 Å². The van der Waals surface area contributed by atoms with Crippen LogP contribution in [0.25, 0.3) is 10.2 Å². The number of rotatable bonds is 4. The normalized spacial score (nSPS) is 19.3. The van der Waals surface area contributed by atoms with Crippen LogP contribution >= 0.6 is 11.3 Å². The average Bonchev–Trinajstić information content (AvgIpc) is 2.90. The predicted molar refractivity (Wildman–Crippen MR) is 93.2 cm³/mol. The number of piperazine rings is 1. The molecule has 0 aromatic carbocycles. The third-order valence-electron chi connectivity index (χ3n) is 4.57. The summed E-state index contributed by atoms with van der Waals surface area (Å²) < 4.78 is 0. The molecule has 0 bridgehead atoms. The first-order valence-electron chi connectivity index (χ1n) is 7.99. The lowest BCUT2D eigenvalue weighted by Gasteiger charge is -2.46. The number of pyridine rings is 1. The first kappa shape index (κ1) is 16.4. The van der Waals surface area contributed by atoms with Gasteiger partial charge in [0.15, 0.2) is 0 Å². The van der Waals surface area contributed by atoms with Crippen LogP contribution in [0.15, 0.2) is 18.2 Å². The van der Waals surface area contributed by atoms with Crippen LogP contribution in [0.3, 0.4) is 0 Å². The van der Waals surface area contributed by atoms with E-state index < -0.39 is 5.97 Å². The van der Waals surface area contributed by atoms with E-state index in [-0.39, 0.29) is 5.54 Å². The molecule has 2 aromatic rings. The van der Waals surface area contributed by atoms with E-state index in [1.165, 1.54) is 11.3 Å². The third-order valence-corrected chi connectivity index (χ3v) is 5.60. The van der Waals surface area contributed by atoms with Crippen molar-refractivity contribution in [3.05, 3.63) is 28.8 Å². The highest BCUT2D eigenvalue weighted by Crippen LogP contribution is 2.26. The molecule has 1 fully saturated rings. The molecule has 0 aliphatic carbocycles. The van der Waals surface area contributed by atoms with Gasteiger partial charge in [0.05, 0.1) is 5.69 Å². The van der Waals surface area contributed by atoms with Gasteiger partial charge in [-0.15, -0.1) is 11.3 Å². The molecule has 1 aliphatic rings. The third kappa shape index (κ3) is 3.39. The number of aromatic carboxylic acids is 1. The van der Waals surface area contributed by atoms with Gasteiger partial charge in [-0.2, -0.15) is 0 Å². The Balaban J connectivity index is 1.75. The fraction of sp³-hybridized carbons (Fsp3) is 0.529. The molecule has 124 valence electrons. The minimum atomic E-state index is -0.882. The van der Waals surface area contributed by atoms with Crippen molar-refractivity contribution in [2.75, 3.05) is 26.2 Å². The van der Waals surface area contributed by atoms with Crippen molar-refractivity contribution < 1.29 is 9.90 Å². The molecule has 0 radical (unpaired) electrons. The molecule has 3 heterocycles. The van der Waals surface area contributed by atoms with E-state index in [0.717, 1.165) is 48.6 Å². The van der Waals surface area contributed by atoms with Crippen LogP contribution in [0, 0.1) is 0 Å². The van der Waals surface area contributed by atoms with E-state index in [9.17, 15) is 4.79 Å². The van der Waals surface area contributed by atoms with Gasteiger partial charge in [-0.05, 0) is 32.5 Å². The first-order valence-corrected chi connectivity index (χ1v) is 8.81. The predicted octanol–water partition coefficient (Wildman–Crippen LogP) is 2.91. The molecule has 0 saturated carbocycles. The molecule has 1 aliphatic heterocycles. The van der Waals surface area contributed by atoms with Crippen molar-refractivity contribution in [3.8, 4) is 0 Å². The molecule has 5 nitrogen and oxygen atoms in total. The maximum absolute atomic E-state index is 11.1. The van der Waals surface area contributed by atoms with Crippen LogP contribution in [0.1, 0.15) is 36.1 Å². The molecule has 23 heavy (non-hydrogen) atoms. The van der Waals surface area contributed by atoms with Crippen molar-refractivity contribution in [2.24, 2.45) is 0 Å². The largest absolute Gasteiger partial charge is 0.477 e. The molecular formula is C17H23N3O2S. The second kappa shape index (κ2) is 6.19. The molecular weight excluding hydrogens is 310 g/mol. The summed E-state index contributed by atoms with van der Waals surface area (Å²) in [4.78, 5) is 21.8. The highest BCUT2D eigenvalue weighted by atomic mass is 32.1. The fourth-order valence-corrected chi connectivity index (χ4v) is 4.28. The molecule has 0 amide bonds. The van der Waals surface area contributed by atoms with Crippen molar-refractivity contribution in [1.29, 1.82) is 0 Å². The molecule has 1 N–H and O–H groups in total. The van der Waals surface area contributed by atoms with E-state index in [2.05, 4.69) is 35.6 Å².